The molecular formula is C26H31Cl2N5O2. The van der Waals surface area contributed by atoms with E-state index in [2.05, 4.69) is 28.4 Å². The number of allylic oxidation sites excluding steroid dienone is 2. The summed E-state index contributed by atoms with van der Waals surface area (Å²) in [6.07, 6.45) is 5.23. The van der Waals surface area contributed by atoms with Crippen molar-refractivity contribution in [1.82, 2.24) is 14.9 Å². The van der Waals surface area contributed by atoms with Crippen molar-refractivity contribution in [3.05, 3.63) is 99.2 Å². The first kappa shape index (κ1) is 28.0. The largest absolute Gasteiger partial charge is 0.497 e. The van der Waals surface area contributed by atoms with Gasteiger partial charge in [0, 0.05) is 48.4 Å². The number of aryl methyl sites for hydroxylation is 1. The molecule has 1 heterocycles. The predicted octanol–water partition coefficient (Wildman–Crippen LogP) is 5.21. The smallest absolute Gasteiger partial charge is 0.254 e. The Kier molecular flexibility index (Phi) is 10.4. The lowest BCUT2D eigenvalue weighted by Gasteiger charge is -2.19. The van der Waals surface area contributed by atoms with Gasteiger partial charge in [-0.1, -0.05) is 54.6 Å². The van der Waals surface area contributed by atoms with Crippen LogP contribution in [0.5, 0.6) is 0 Å². The highest BCUT2D eigenvalue weighted by Crippen LogP contribution is 2.24. The Morgan fingerprint density at radius 1 is 1.34 bits per heavy atom. The van der Waals surface area contributed by atoms with E-state index >= 15 is 0 Å². The Balaban J connectivity index is 2.25. The van der Waals surface area contributed by atoms with Gasteiger partial charge in [-0.05, 0) is 37.1 Å². The molecule has 35 heavy (non-hydrogen) atoms. The zero-order chi connectivity index (χ0) is 26.1. The van der Waals surface area contributed by atoms with Crippen LogP contribution in [-0.4, -0.2) is 48.0 Å². The van der Waals surface area contributed by atoms with E-state index in [1.54, 1.807) is 24.1 Å². The number of nitrogens with two attached hydrogens (primary N) is 1. The summed E-state index contributed by atoms with van der Waals surface area (Å²) in [6.45, 7) is 12.3. The van der Waals surface area contributed by atoms with Gasteiger partial charge < -0.3 is 20.7 Å². The molecule has 0 aliphatic rings. The summed E-state index contributed by atoms with van der Waals surface area (Å²) in [6, 6.07) is 5.76. The number of nitrogens with one attached hydrogen (secondary N) is 1. The van der Waals surface area contributed by atoms with Crippen LogP contribution < -0.4 is 11.1 Å². The minimum atomic E-state index is -0.0367. The molecule has 0 unspecified atom stereocenters. The Labute approximate surface area is 217 Å². The topological polar surface area (TPSA) is 93.4 Å². The fraction of sp³-hybridized carbons (Fsp3) is 0.269. The van der Waals surface area contributed by atoms with Crippen molar-refractivity contribution in [1.29, 1.82) is 0 Å². The predicted molar refractivity (Wildman–Crippen MR) is 144 cm³/mol. The number of hydrogen-bond acceptors (Lipinski definition) is 6. The SMILES string of the molecule is C=C(/C=C(C(=C)N)\C(Cl)=C/CNc1ncc(Cl)c(Cc2cccc(C)c2C(=O)N(C)CC)n1)OC. The average molecular weight is 516 g/mol. The number of carbonyl (C=O) groups is 1. The Morgan fingerprint density at radius 3 is 2.69 bits per heavy atom. The lowest BCUT2D eigenvalue weighted by atomic mass is 9.97. The maximum Gasteiger partial charge on any atom is 0.254 e. The van der Waals surface area contributed by atoms with Crippen LogP contribution in [0.3, 0.4) is 0 Å². The second kappa shape index (κ2) is 13.0. The number of hydrogen-bond donors (Lipinski definition) is 2. The Bertz CT molecular complexity index is 1170. The Hall–Kier alpha value is -3.29. The van der Waals surface area contributed by atoms with Crippen molar-refractivity contribution in [2.24, 2.45) is 5.73 Å². The molecule has 0 atom stereocenters. The fourth-order valence-corrected chi connectivity index (χ4v) is 3.60. The van der Waals surface area contributed by atoms with Gasteiger partial charge in [-0.25, -0.2) is 9.97 Å². The molecule has 7 nitrogen and oxygen atoms in total. The van der Waals surface area contributed by atoms with Gasteiger partial charge in [0.05, 0.1) is 24.0 Å². The first-order valence-corrected chi connectivity index (χ1v) is 11.7. The molecule has 0 saturated heterocycles. The van der Waals surface area contributed by atoms with Crippen molar-refractivity contribution in [2.75, 3.05) is 32.6 Å². The third-order valence-corrected chi connectivity index (χ3v) is 5.95. The highest BCUT2D eigenvalue weighted by molar-refractivity contribution is 6.32. The number of ether oxygens (including phenoxy) is 1. The van der Waals surface area contributed by atoms with Crippen LogP contribution in [0.15, 0.2) is 71.8 Å². The molecule has 1 aromatic heterocycles. The number of benzene rings is 1. The van der Waals surface area contributed by atoms with Crippen LogP contribution in [0.2, 0.25) is 5.02 Å². The molecule has 3 N–H and O–H groups in total. The van der Waals surface area contributed by atoms with Crippen LogP contribution >= 0.6 is 23.2 Å². The van der Waals surface area contributed by atoms with Gasteiger partial charge in [0.25, 0.3) is 5.91 Å². The zero-order valence-electron chi connectivity index (χ0n) is 20.5. The van der Waals surface area contributed by atoms with Crippen LogP contribution in [0.25, 0.3) is 0 Å². The lowest BCUT2D eigenvalue weighted by molar-refractivity contribution is 0.0800. The summed E-state index contributed by atoms with van der Waals surface area (Å²) in [4.78, 5) is 23.4. The number of anilines is 1. The van der Waals surface area contributed by atoms with Crippen LogP contribution in [0, 0.1) is 6.92 Å². The van der Waals surface area contributed by atoms with Gasteiger partial charge in [-0.15, -0.1) is 0 Å². The molecule has 9 heteroatoms. The second-order valence-corrected chi connectivity index (χ2v) is 8.59. The van der Waals surface area contributed by atoms with Crippen molar-refractivity contribution in [3.63, 3.8) is 0 Å². The minimum Gasteiger partial charge on any atom is -0.497 e. The quantitative estimate of drug-likeness (QED) is 0.315. The first-order chi connectivity index (χ1) is 16.6. The number of methoxy groups -OCH3 is 1. The summed E-state index contributed by atoms with van der Waals surface area (Å²) >= 11 is 12.8. The molecule has 186 valence electrons. The monoisotopic (exact) mass is 515 g/mol. The first-order valence-electron chi connectivity index (χ1n) is 10.9. The van der Waals surface area contributed by atoms with Crippen molar-refractivity contribution >= 4 is 35.1 Å². The maximum absolute atomic E-state index is 12.9. The molecule has 1 amide bonds. The van der Waals surface area contributed by atoms with E-state index in [0.717, 1.165) is 11.1 Å². The number of amides is 1. The molecule has 0 bridgehead atoms. The van der Waals surface area contributed by atoms with E-state index in [4.69, 9.17) is 33.7 Å². The van der Waals surface area contributed by atoms with Crippen molar-refractivity contribution in [2.45, 2.75) is 20.3 Å². The van der Waals surface area contributed by atoms with E-state index in [0.29, 0.717) is 58.1 Å². The molecule has 0 radical (unpaired) electrons. The lowest BCUT2D eigenvalue weighted by Crippen LogP contribution is -2.28. The summed E-state index contributed by atoms with van der Waals surface area (Å²) in [5, 5.41) is 3.89. The van der Waals surface area contributed by atoms with Gasteiger partial charge in [0.15, 0.2) is 0 Å². The molecule has 2 aromatic rings. The Morgan fingerprint density at radius 2 is 2.06 bits per heavy atom. The van der Waals surface area contributed by atoms with Crippen molar-refractivity contribution in [3.8, 4) is 0 Å². The summed E-state index contributed by atoms with van der Waals surface area (Å²) in [5.41, 5.74) is 9.63. The zero-order valence-corrected chi connectivity index (χ0v) is 22.0. The highest BCUT2D eigenvalue weighted by Gasteiger charge is 2.19. The molecule has 2 rings (SSSR count). The number of nitrogens with zero attached hydrogens (tertiary/aromatic N) is 3. The molecule has 0 saturated carbocycles. The van der Waals surface area contributed by atoms with Gasteiger partial charge in [0.2, 0.25) is 5.95 Å². The standard InChI is InChI=1S/C26H31Cl2N5O2/c1-7-33(5)25(34)24-16(2)9-8-10-19(24)14-23-22(28)15-31-26(32-23)30-12-11-21(27)20(18(4)29)13-17(3)35-6/h8-11,13,15H,3-4,7,12,14,29H2,1-2,5-6H3,(H,30,31,32)/b20-13-,21-11+. The van der Waals surface area contributed by atoms with Crippen LogP contribution in [-0.2, 0) is 11.2 Å². The van der Waals surface area contributed by atoms with Gasteiger partial charge in [0.1, 0.15) is 5.76 Å². The van der Waals surface area contributed by atoms with E-state index in [1.165, 1.54) is 13.3 Å². The fourth-order valence-electron chi connectivity index (χ4n) is 3.19. The minimum absolute atomic E-state index is 0.0367. The van der Waals surface area contributed by atoms with Crippen LogP contribution in [0.1, 0.15) is 34.1 Å². The second-order valence-electron chi connectivity index (χ2n) is 7.78. The highest BCUT2D eigenvalue weighted by atomic mass is 35.5. The molecule has 0 fully saturated rings. The van der Waals surface area contributed by atoms with Gasteiger partial charge in [-0.3, -0.25) is 4.79 Å². The molecular weight excluding hydrogens is 485 g/mol. The van der Waals surface area contributed by atoms with Gasteiger partial charge in [-0.2, -0.15) is 0 Å². The number of aromatic nitrogens is 2. The summed E-state index contributed by atoms with van der Waals surface area (Å²) < 4.78 is 5.05. The summed E-state index contributed by atoms with van der Waals surface area (Å²) in [5.74, 6) is 0.732. The number of halogens is 2. The third-order valence-electron chi connectivity index (χ3n) is 5.28. The normalized spacial score (nSPS) is 11.7. The number of rotatable bonds is 11. The van der Waals surface area contributed by atoms with Crippen molar-refractivity contribution < 1.29 is 9.53 Å². The third kappa shape index (κ3) is 7.60. The molecule has 1 aromatic carbocycles. The van der Waals surface area contributed by atoms with E-state index in [-0.39, 0.29) is 11.6 Å². The van der Waals surface area contributed by atoms with E-state index in [9.17, 15) is 4.79 Å². The van der Waals surface area contributed by atoms with E-state index < -0.39 is 0 Å². The van der Waals surface area contributed by atoms with E-state index in [1.807, 2.05) is 32.0 Å². The van der Waals surface area contributed by atoms with Crippen LogP contribution in [0.4, 0.5) is 5.95 Å². The molecule has 0 aliphatic carbocycles. The summed E-state index contributed by atoms with van der Waals surface area (Å²) in [7, 11) is 3.28. The average Bonchev–Trinajstić information content (AvgIpc) is 2.83. The number of carbonyl (C=O) groups excluding carboxylic acids is 1. The molecule has 0 aliphatic heterocycles. The maximum atomic E-state index is 12.9. The van der Waals surface area contributed by atoms with Gasteiger partial charge >= 0.3 is 0 Å². The molecule has 0 spiro atoms.